The van der Waals surface area contributed by atoms with Crippen LogP contribution < -0.4 is 5.56 Å². The Morgan fingerprint density at radius 3 is 2.81 bits per heavy atom. The first-order valence-corrected chi connectivity index (χ1v) is 8.65. The van der Waals surface area contributed by atoms with Crippen molar-refractivity contribution in [1.29, 1.82) is 0 Å². The molecule has 21 heavy (non-hydrogen) atoms. The van der Waals surface area contributed by atoms with Gasteiger partial charge in [0.05, 0.1) is 5.39 Å². The van der Waals surface area contributed by atoms with Crippen molar-refractivity contribution in [1.82, 2.24) is 14.5 Å². The molecule has 1 N–H and O–H groups in total. The van der Waals surface area contributed by atoms with E-state index in [4.69, 9.17) is 12.2 Å². The molecule has 4 nitrogen and oxygen atoms in total. The Labute approximate surface area is 133 Å². The molecule has 1 unspecified atom stereocenters. The molecule has 2 aromatic rings. The van der Waals surface area contributed by atoms with Crippen molar-refractivity contribution in [3.63, 3.8) is 0 Å². The molecule has 0 saturated heterocycles. The summed E-state index contributed by atoms with van der Waals surface area (Å²) in [6, 6.07) is 0.0693. The van der Waals surface area contributed by atoms with Gasteiger partial charge in [0.15, 0.2) is 4.77 Å². The number of aryl methyl sites for hydroxylation is 2. The zero-order valence-electron chi connectivity index (χ0n) is 12.7. The second-order valence-electron chi connectivity index (χ2n) is 6.13. The highest BCUT2D eigenvalue weighted by atomic mass is 32.1. The Hall–Kier alpha value is -0.980. The van der Waals surface area contributed by atoms with Crippen molar-refractivity contribution in [2.45, 2.75) is 38.6 Å². The zero-order chi connectivity index (χ0) is 15.1. The summed E-state index contributed by atoms with van der Waals surface area (Å²) in [5, 5.41) is 0.883. The van der Waals surface area contributed by atoms with Crippen LogP contribution in [0.3, 0.4) is 0 Å². The number of aromatic amines is 1. The second-order valence-corrected chi connectivity index (χ2v) is 7.62. The van der Waals surface area contributed by atoms with Crippen LogP contribution in [0.1, 0.15) is 36.2 Å². The van der Waals surface area contributed by atoms with Crippen LogP contribution in [0.25, 0.3) is 10.2 Å². The standard InChI is InChI=1S/C15H21N3OS2/c1-9(8-17(2)3)18-14(19)12-10-6-4-5-7-11(10)21-13(12)16-15(18)20/h9H,4-8H2,1-3H3,(H,16,20). The minimum Gasteiger partial charge on any atom is -0.323 e. The average Bonchev–Trinajstić information content (AvgIpc) is 2.75. The molecule has 0 fully saturated rings. The molecule has 0 bridgehead atoms. The monoisotopic (exact) mass is 323 g/mol. The van der Waals surface area contributed by atoms with Gasteiger partial charge in [0.2, 0.25) is 0 Å². The maximum Gasteiger partial charge on any atom is 0.263 e. The Morgan fingerprint density at radius 1 is 1.38 bits per heavy atom. The fourth-order valence-electron chi connectivity index (χ4n) is 3.26. The zero-order valence-corrected chi connectivity index (χ0v) is 14.4. The Kier molecular flexibility index (Phi) is 4.03. The molecule has 0 amide bonds. The maximum atomic E-state index is 13.0. The van der Waals surface area contributed by atoms with Crippen LogP contribution in [-0.2, 0) is 12.8 Å². The number of aromatic nitrogens is 2. The lowest BCUT2D eigenvalue weighted by molar-refractivity contribution is 0.330. The number of fused-ring (bicyclic) bond motifs is 3. The normalized spacial score (nSPS) is 16.4. The van der Waals surface area contributed by atoms with E-state index >= 15 is 0 Å². The molecule has 1 aliphatic carbocycles. The summed E-state index contributed by atoms with van der Waals surface area (Å²) in [4.78, 5) is 20.7. The van der Waals surface area contributed by atoms with E-state index < -0.39 is 0 Å². The van der Waals surface area contributed by atoms with E-state index in [1.54, 1.807) is 15.9 Å². The van der Waals surface area contributed by atoms with Gasteiger partial charge in [0.1, 0.15) is 4.83 Å². The van der Waals surface area contributed by atoms with E-state index in [-0.39, 0.29) is 11.6 Å². The molecular formula is C15H21N3OS2. The van der Waals surface area contributed by atoms with Crippen molar-refractivity contribution in [3.8, 4) is 0 Å². The van der Waals surface area contributed by atoms with E-state index in [1.807, 2.05) is 14.1 Å². The summed E-state index contributed by atoms with van der Waals surface area (Å²) in [6.45, 7) is 2.85. The van der Waals surface area contributed by atoms with Gasteiger partial charge < -0.3 is 9.88 Å². The molecule has 3 rings (SSSR count). The number of nitrogens with one attached hydrogen (secondary N) is 1. The minimum absolute atomic E-state index is 0.0693. The Morgan fingerprint density at radius 2 is 2.10 bits per heavy atom. The highest BCUT2D eigenvalue weighted by Crippen LogP contribution is 2.33. The van der Waals surface area contributed by atoms with Crippen molar-refractivity contribution < 1.29 is 0 Å². The molecule has 6 heteroatoms. The number of nitrogens with zero attached hydrogens (tertiary/aromatic N) is 2. The van der Waals surface area contributed by atoms with Gasteiger partial charge in [0, 0.05) is 17.5 Å². The third-order valence-electron chi connectivity index (χ3n) is 4.11. The van der Waals surface area contributed by atoms with E-state index in [1.165, 1.54) is 23.3 Å². The predicted octanol–water partition coefficient (Wildman–Crippen LogP) is 3.12. The SMILES string of the molecule is CC(CN(C)C)n1c(=S)[nH]c2sc3c(c2c1=O)CCCC3. The molecule has 2 aromatic heterocycles. The Bertz CT molecular complexity index is 785. The van der Waals surface area contributed by atoms with Crippen LogP contribution in [0.5, 0.6) is 0 Å². The minimum atomic E-state index is 0.0693. The van der Waals surface area contributed by atoms with E-state index in [0.29, 0.717) is 4.77 Å². The van der Waals surface area contributed by atoms with Crippen molar-refractivity contribution in [2.24, 2.45) is 0 Å². The number of hydrogen-bond donors (Lipinski definition) is 1. The van der Waals surface area contributed by atoms with Crippen molar-refractivity contribution in [3.05, 3.63) is 25.6 Å². The maximum absolute atomic E-state index is 13.0. The van der Waals surface area contributed by atoms with Gasteiger partial charge in [-0.3, -0.25) is 9.36 Å². The summed E-state index contributed by atoms with van der Waals surface area (Å²) in [5.41, 5.74) is 1.35. The Balaban J connectivity index is 2.22. The number of H-pyrrole nitrogens is 1. The van der Waals surface area contributed by atoms with Gasteiger partial charge in [-0.05, 0) is 64.5 Å². The van der Waals surface area contributed by atoms with Crippen LogP contribution in [-0.4, -0.2) is 35.1 Å². The molecule has 1 aliphatic rings. The summed E-state index contributed by atoms with van der Waals surface area (Å²) in [7, 11) is 4.03. The van der Waals surface area contributed by atoms with Crippen LogP contribution >= 0.6 is 23.6 Å². The highest BCUT2D eigenvalue weighted by Gasteiger charge is 2.21. The van der Waals surface area contributed by atoms with E-state index in [0.717, 1.165) is 29.6 Å². The first-order chi connectivity index (χ1) is 9.99. The number of hydrogen-bond acceptors (Lipinski definition) is 4. The summed E-state index contributed by atoms with van der Waals surface area (Å²) in [5.74, 6) is 0. The third-order valence-corrected chi connectivity index (χ3v) is 5.62. The van der Waals surface area contributed by atoms with Crippen LogP contribution in [0.4, 0.5) is 0 Å². The molecule has 114 valence electrons. The quantitative estimate of drug-likeness (QED) is 0.882. The molecule has 0 radical (unpaired) electrons. The fourth-order valence-corrected chi connectivity index (χ4v) is 4.97. The number of likely N-dealkylation sites (N-methyl/N-ethyl adjacent to an activating group) is 1. The molecule has 2 heterocycles. The molecule has 1 atom stereocenters. The third kappa shape index (κ3) is 2.60. The summed E-state index contributed by atoms with van der Waals surface area (Å²) >= 11 is 7.15. The summed E-state index contributed by atoms with van der Waals surface area (Å²) in [6.07, 6.45) is 4.53. The van der Waals surface area contributed by atoms with Gasteiger partial charge >= 0.3 is 0 Å². The fraction of sp³-hybridized carbons (Fsp3) is 0.600. The van der Waals surface area contributed by atoms with Crippen molar-refractivity contribution >= 4 is 33.8 Å². The predicted molar refractivity (Wildman–Crippen MR) is 91.2 cm³/mol. The van der Waals surface area contributed by atoms with Gasteiger partial charge in [-0.25, -0.2) is 0 Å². The first-order valence-electron chi connectivity index (χ1n) is 7.43. The average molecular weight is 323 g/mol. The topological polar surface area (TPSA) is 41.0 Å². The second kappa shape index (κ2) is 5.66. The molecular weight excluding hydrogens is 302 g/mol. The van der Waals surface area contributed by atoms with E-state index in [2.05, 4.69) is 16.8 Å². The highest BCUT2D eigenvalue weighted by molar-refractivity contribution is 7.71. The summed E-state index contributed by atoms with van der Waals surface area (Å²) < 4.78 is 2.29. The first kappa shape index (κ1) is 14.9. The van der Waals surface area contributed by atoms with Crippen LogP contribution in [0.2, 0.25) is 0 Å². The van der Waals surface area contributed by atoms with Gasteiger partial charge in [0.25, 0.3) is 5.56 Å². The molecule has 0 saturated carbocycles. The van der Waals surface area contributed by atoms with Crippen LogP contribution in [0, 0.1) is 4.77 Å². The van der Waals surface area contributed by atoms with Crippen molar-refractivity contribution in [2.75, 3.05) is 20.6 Å². The smallest absolute Gasteiger partial charge is 0.263 e. The lowest BCUT2D eigenvalue weighted by Gasteiger charge is -2.19. The lowest BCUT2D eigenvalue weighted by atomic mass is 9.97. The molecule has 0 aliphatic heterocycles. The van der Waals surface area contributed by atoms with Gasteiger partial charge in [-0.2, -0.15) is 0 Å². The lowest BCUT2D eigenvalue weighted by Crippen LogP contribution is -2.31. The van der Waals surface area contributed by atoms with Gasteiger partial charge in [-0.1, -0.05) is 0 Å². The van der Waals surface area contributed by atoms with Gasteiger partial charge in [-0.15, -0.1) is 11.3 Å². The van der Waals surface area contributed by atoms with E-state index in [9.17, 15) is 4.79 Å². The largest absolute Gasteiger partial charge is 0.323 e. The van der Waals surface area contributed by atoms with Crippen LogP contribution in [0.15, 0.2) is 4.79 Å². The number of thiophene rings is 1. The molecule has 0 spiro atoms. The molecule has 0 aromatic carbocycles. The number of rotatable bonds is 3.